The van der Waals surface area contributed by atoms with Crippen LogP contribution < -0.4 is 14.2 Å². The number of rotatable bonds is 6. The summed E-state index contributed by atoms with van der Waals surface area (Å²) in [5.41, 5.74) is 2.86. The summed E-state index contributed by atoms with van der Waals surface area (Å²) in [6.07, 6.45) is 0.590. The van der Waals surface area contributed by atoms with Gasteiger partial charge in [-0.1, -0.05) is 41.4 Å². The number of ether oxygens (including phenoxy) is 2. The summed E-state index contributed by atoms with van der Waals surface area (Å²) in [7, 11) is -2.36. The summed E-state index contributed by atoms with van der Waals surface area (Å²) >= 11 is 6.09. The number of aromatic nitrogens is 1. The summed E-state index contributed by atoms with van der Waals surface area (Å²) < 4.78 is 42.0. The Hall–Kier alpha value is -3.53. The number of fused-ring (bicyclic) bond motifs is 2. The number of carbonyl (C=O) groups is 1. The lowest BCUT2D eigenvalue weighted by atomic mass is 9.96. The second-order valence-corrected chi connectivity index (χ2v) is 10.8. The van der Waals surface area contributed by atoms with Crippen LogP contribution >= 0.6 is 11.6 Å². The Bertz CT molecular complexity index is 1580. The van der Waals surface area contributed by atoms with Crippen molar-refractivity contribution in [3.8, 4) is 11.5 Å². The van der Waals surface area contributed by atoms with Crippen LogP contribution in [0.3, 0.4) is 0 Å². The van der Waals surface area contributed by atoms with Crippen molar-refractivity contribution in [2.24, 2.45) is 7.05 Å². The van der Waals surface area contributed by atoms with Crippen molar-refractivity contribution in [1.29, 1.82) is 0 Å². The third-order valence-electron chi connectivity index (χ3n) is 6.12. The molecule has 5 rings (SSSR count). The van der Waals surface area contributed by atoms with Crippen molar-refractivity contribution in [1.82, 2.24) is 9.29 Å². The van der Waals surface area contributed by atoms with E-state index >= 15 is 0 Å². The third kappa shape index (κ3) is 4.41. The van der Waals surface area contributed by atoms with Crippen molar-refractivity contribution in [3.05, 3.63) is 88.6 Å². The maximum absolute atomic E-state index is 13.7. The fourth-order valence-corrected chi connectivity index (χ4v) is 5.44. The van der Waals surface area contributed by atoms with E-state index in [4.69, 9.17) is 21.1 Å². The molecule has 0 spiro atoms. The standard InChI is InChI=1S/C26H23ClN2O6S/c1-15-3-7-18(8-4-15)36(32,33)28-25(31)24(26-34-22-10-6-17(27)12-23(22)35-26)20-13-29(2)21-11-16(14-30)5-9-19(20)21/h3-13,24,26,30H,14H2,1-2H3,(H,28,31). The Labute approximate surface area is 213 Å². The first-order valence-corrected chi connectivity index (χ1v) is 13.0. The Balaban J connectivity index is 1.57. The summed E-state index contributed by atoms with van der Waals surface area (Å²) in [4.78, 5) is 13.6. The van der Waals surface area contributed by atoms with Crippen LogP contribution in [0.25, 0.3) is 10.9 Å². The van der Waals surface area contributed by atoms with Gasteiger partial charge in [-0.3, -0.25) is 4.79 Å². The van der Waals surface area contributed by atoms with Crippen LogP contribution in [0.4, 0.5) is 0 Å². The molecule has 2 atom stereocenters. The minimum absolute atomic E-state index is 0.0333. The molecule has 0 bridgehead atoms. The summed E-state index contributed by atoms with van der Waals surface area (Å²) in [5.74, 6) is -1.21. The van der Waals surface area contributed by atoms with Crippen molar-refractivity contribution in [3.63, 3.8) is 0 Å². The molecule has 186 valence electrons. The fraction of sp³-hybridized carbons (Fsp3) is 0.192. The van der Waals surface area contributed by atoms with Gasteiger partial charge in [0.05, 0.1) is 11.5 Å². The Morgan fingerprint density at radius 1 is 1.08 bits per heavy atom. The van der Waals surface area contributed by atoms with Crippen molar-refractivity contribution in [2.75, 3.05) is 0 Å². The maximum atomic E-state index is 13.7. The Morgan fingerprint density at radius 2 is 1.81 bits per heavy atom. The van der Waals surface area contributed by atoms with E-state index in [2.05, 4.69) is 4.72 Å². The molecular formula is C26H23ClN2O6S. The average Bonchev–Trinajstić information content (AvgIpc) is 3.39. The van der Waals surface area contributed by atoms with Gasteiger partial charge >= 0.3 is 0 Å². The molecule has 1 aliphatic heterocycles. The summed E-state index contributed by atoms with van der Waals surface area (Å²) in [5, 5.41) is 10.7. The van der Waals surface area contributed by atoms with E-state index < -0.39 is 28.1 Å². The zero-order valence-electron chi connectivity index (χ0n) is 19.4. The van der Waals surface area contributed by atoms with Gasteiger partial charge < -0.3 is 19.1 Å². The number of nitrogens with one attached hydrogen (secondary N) is 1. The van der Waals surface area contributed by atoms with E-state index in [0.717, 1.165) is 11.1 Å². The molecule has 2 N–H and O–H groups in total. The summed E-state index contributed by atoms with van der Waals surface area (Å²) in [6, 6.07) is 16.4. The molecule has 1 aromatic heterocycles. The number of aryl methyl sites for hydroxylation is 2. The van der Waals surface area contributed by atoms with E-state index in [9.17, 15) is 18.3 Å². The van der Waals surface area contributed by atoms with Gasteiger partial charge in [0.1, 0.15) is 5.92 Å². The number of aliphatic hydroxyl groups excluding tert-OH is 1. The Morgan fingerprint density at radius 3 is 2.53 bits per heavy atom. The highest BCUT2D eigenvalue weighted by atomic mass is 35.5. The highest BCUT2D eigenvalue weighted by molar-refractivity contribution is 7.90. The van der Waals surface area contributed by atoms with E-state index in [1.165, 1.54) is 12.1 Å². The molecule has 8 nitrogen and oxygen atoms in total. The van der Waals surface area contributed by atoms with Gasteiger partial charge in [-0.05, 0) is 48.4 Å². The zero-order chi connectivity index (χ0) is 25.6. The van der Waals surface area contributed by atoms with Crippen LogP contribution in [0, 0.1) is 6.92 Å². The average molecular weight is 527 g/mol. The number of carbonyl (C=O) groups excluding carboxylic acids is 1. The second-order valence-electron chi connectivity index (χ2n) is 8.66. The molecule has 0 saturated heterocycles. The third-order valence-corrected chi connectivity index (χ3v) is 7.71. The number of amides is 1. The zero-order valence-corrected chi connectivity index (χ0v) is 21.0. The lowest BCUT2D eigenvalue weighted by Gasteiger charge is -2.22. The number of sulfonamides is 1. The topological polar surface area (TPSA) is 107 Å². The molecule has 1 aliphatic rings. The molecule has 0 saturated carbocycles. The molecule has 2 unspecified atom stereocenters. The first kappa shape index (κ1) is 24.2. The highest BCUT2D eigenvalue weighted by Gasteiger charge is 2.41. The van der Waals surface area contributed by atoms with Crippen LogP contribution in [-0.2, 0) is 28.5 Å². The smallest absolute Gasteiger partial charge is 0.264 e. The van der Waals surface area contributed by atoms with Crippen LogP contribution in [-0.4, -0.2) is 30.3 Å². The quantitative estimate of drug-likeness (QED) is 0.393. The minimum atomic E-state index is -4.16. The molecule has 0 fully saturated rings. The largest absolute Gasteiger partial charge is 0.450 e. The van der Waals surface area contributed by atoms with Gasteiger partial charge in [-0.15, -0.1) is 0 Å². The first-order valence-electron chi connectivity index (χ1n) is 11.1. The number of hydrogen-bond donors (Lipinski definition) is 2. The second kappa shape index (κ2) is 9.16. The predicted molar refractivity (Wildman–Crippen MR) is 135 cm³/mol. The van der Waals surface area contributed by atoms with Crippen LogP contribution in [0.2, 0.25) is 5.02 Å². The van der Waals surface area contributed by atoms with Crippen LogP contribution in [0.15, 0.2) is 71.8 Å². The Kier molecular flexibility index (Phi) is 6.15. The molecule has 1 amide bonds. The van der Waals surface area contributed by atoms with Gasteiger partial charge in [-0.2, -0.15) is 0 Å². The van der Waals surface area contributed by atoms with Gasteiger partial charge in [0.2, 0.25) is 5.91 Å². The van der Waals surface area contributed by atoms with Crippen LogP contribution in [0.5, 0.6) is 11.5 Å². The molecule has 0 radical (unpaired) electrons. The fourth-order valence-electron chi connectivity index (χ4n) is 4.27. The molecule has 2 heterocycles. The van der Waals surface area contributed by atoms with Gasteiger partial charge in [0, 0.05) is 35.2 Å². The molecule has 10 heteroatoms. The monoisotopic (exact) mass is 526 g/mol. The highest BCUT2D eigenvalue weighted by Crippen LogP contribution is 2.42. The van der Waals surface area contributed by atoms with E-state index in [-0.39, 0.29) is 11.5 Å². The van der Waals surface area contributed by atoms with Crippen molar-refractivity contribution in [2.45, 2.75) is 30.6 Å². The van der Waals surface area contributed by atoms with Crippen molar-refractivity contribution < 1.29 is 27.8 Å². The van der Waals surface area contributed by atoms with E-state index in [1.54, 1.807) is 60.3 Å². The maximum Gasteiger partial charge on any atom is 0.264 e. The molecule has 36 heavy (non-hydrogen) atoms. The molecular weight excluding hydrogens is 504 g/mol. The van der Waals surface area contributed by atoms with Gasteiger partial charge in [-0.25, -0.2) is 13.1 Å². The molecule has 3 aromatic carbocycles. The number of halogens is 1. The lowest BCUT2D eigenvalue weighted by molar-refractivity contribution is -0.126. The normalized spacial score (nSPS) is 15.7. The predicted octanol–water partition coefficient (Wildman–Crippen LogP) is 4.02. The first-order chi connectivity index (χ1) is 17.2. The van der Waals surface area contributed by atoms with Gasteiger partial charge in [0.15, 0.2) is 11.5 Å². The molecule has 0 aliphatic carbocycles. The number of hydrogen-bond acceptors (Lipinski definition) is 6. The molecule has 4 aromatic rings. The summed E-state index contributed by atoms with van der Waals surface area (Å²) in [6.45, 7) is 1.70. The SMILES string of the molecule is Cc1ccc(S(=O)(=O)NC(=O)C(c2cn(C)c3cc(CO)ccc23)C2Oc3ccc(Cl)cc3O2)cc1. The number of benzene rings is 3. The van der Waals surface area contributed by atoms with Gasteiger partial charge in [0.25, 0.3) is 16.3 Å². The number of aliphatic hydroxyl groups is 1. The minimum Gasteiger partial charge on any atom is -0.450 e. The van der Waals surface area contributed by atoms with E-state index in [0.29, 0.717) is 33.0 Å². The lowest BCUT2D eigenvalue weighted by Crippen LogP contribution is -2.42. The van der Waals surface area contributed by atoms with Crippen LogP contribution in [0.1, 0.15) is 22.6 Å². The number of nitrogens with zero attached hydrogens (tertiary/aromatic N) is 1. The van der Waals surface area contributed by atoms with E-state index in [1.807, 2.05) is 13.0 Å². The van der Waals surface area contributed by atoms with Crippen molar-refractivity contribution >= 4 is 38.4 Å².